The number of alkyl halides is 3. The molecule has 1 unspecified atom stereocenters. The van der Waals surface area contributed by atoms with Crippen molar-refractivity contribution in [2.24, 2.45) is 0 Å². The largest absolute Gasteiger partial charge is 1.00 e. The molecule has 0 saturated heterocycles. The molecule has 0 aromatic heterocycles. The third kappa shape index (κ3) is 8.00. The molecular formula is C15H11BrCuF3IKO6. The van der Waals surface area contributed by atoms with Crippen molar-refractivity contribution >= 4 is 36.3 Å². The number of halogens is 5. The van der Waals surface area contributed by atoms with Crippen molar-refractivity contribution in [1.29, 1.82) is 0 Å². The van der Waals surface area contributed by atoms with Crippen molar-refractivity contribution < 1.29 is 107 Å². The Morgan fingerprint density at radius 2 is 1.36 bits per heavy atom. The average molecular weight is 654 g/mol. The summed E-state index contributed by atoms with van der Waals surface area (Å²) in [5.74, 6) is 0.658. The topological polar surface area (TPSA) is 87.2 Å². The van der Waals surface area contributed by atoms with E-state index in [0.717, 1.165) is 6.92 Å². The van der Waals surface area contributed by atoms with Gasteiger partial charge in [0.05, 0.1) is 0 Å². The third-order valence-corrected chi connectivity index (χ3v) is 3.37. The van der Waals surface area contributed by atoms with Gasteiger partial charge in [-0.3, -0.25) is 0 Å². The summed E-state index contributed by atoms with van der Waals surface area (Å²) < 4.78 is 56.3. The van der Waals surface area contributed by atoms with E-state index in [4.69, 9.17) is 14.6 Å². The van der Waals surface area contributed by atoms with Crippen molar-refractivity contribution in [2.45, 2.75) is 19.3 Å². The van der Waals surface area contributed by atoms with E-state index in [-0.39, 0.29) is 79.9 Å². The van der Waals surface area contributed by atoms with Gasteiger partial charge in [-0.05, 0) is 30.3 Å². The molecule has 0 saturated carbocycles. The number of hydrogen-bond donors (Lipinski definition) is 1. The van der Waals surface area contributed by atoms with Crippen LogP contribution in [0.5, 0.6) is 28.7 Å². The molecular weight excluding hydrogens is 643 g/mol. The summed E-state index contributed by atoms with van der Waals surface area (Å²) >= 11 is 8.99. The molecule has 2 aliphatic rings. The zero-order chi connectivity index (χ0) is 19.5. The first-order chi connectivity index (χ1) is 12.1. The summed E-state index contributed by atoms with van der Waals surface area (Å²) in [6.45, 7) is 1.16. The molecule has 2 aromatic carbocycles. The van der Waals surface area contributed by atoms with E-state index in [0.29, 0.717) is 10.2 Å². The van der Waals surface area contributed by atoms with Gasteiger partial charge >= 0.3 is 96.8 Å². The Balaban J connectivity index is 0.000000449. The number of rotatable bonds is 0. The third-order valence-electron chi connectivity index (χ3n) is 2.88. The summed E-state index contributed by atoms with van der Waals surface area (Å²) in [6, 6.07) is 6.50. The molecule has 0 amide bonds. The summed E-state index contributed by atoms with van der Waals surface area (Å²) in [5.41, 5.74) is 0. The first-order valence-corrected chi connectivity index (χ1v) is 10.5. The van der Waals surface area contributed by atoms with Crippen LogP contribution in [0.3, 0.4) is 0 Å². The van der Waals surface area contributed by atoms with Gasteiger partial charge in [-0.1, -0.05) is 15.9 Å². The van der Waals surface area contributed by atoms with E-state index in [1.165, 1.54) is 30.3 Å². The molecule has 2 heterocycles. The summed E-state index contributed by atoms with van der Waals surface area (Å²) in [4.78, 5) is 0. The summed E-state index contributed by atoms with van der Waals surface area (Å²) in [6.07, 6.45) is -3.52. The van der Waals surface area contributed by atoms with Crippen LogP contribution in [0.15, 0.2) is 40.9 Å². The Labute approximate surface area is 228 Å². The van der Waals surface area contributed by atoms with Gasteiger partial charge in [0.25, 0.3) is 0 Å². The van der Waals surface area contributed by atoms with E-state index < -0.39 is 12.3 Å². The maximum absolute atomic E-state index is 13.0. The fourth-order valence-electron chi connectivity index (χ4n) is 2.00. The fourth-order valence-corrected chi connectivity index (χ4v) is 2.34. The van der Waals surface area contributed by atoms with Crippen LogP contribution in [-0.2, 0) is 12.8 Å². The number of benzene rings is 2. The van der Waals surface area contributed by atoms with E-state index in [1.54, 1.807) is 26.4 Å². The molecule has 0 radical (unpaired) electrons. The first kappa shape index (κ1) is 28.6. The molecule has 2 aromatic rings. The minimum atomic E-state index is -3.52. The smallest absolute Gasteiger partial charge is 0.870 e. The fraction of sp³-hybridized carbons (Fsp3) is 0.200. The summed E-state index contributed by atoms with van der Waals surface area (Å²) in [7, 11) is 0. The zero-order valence-corrected chi connectivity index (χ0v) is 22.0. The SMILES string of the molecule is CC1(F)Oc2ccc(O)cc2O1.FC1(F)Oc2ccc(Br)cc2O1.[Cu][I].[K+].[OH-]. The molecule has 13 heteroatoms. The molecule has 1 atom stereocenters. The standard InChI is InChI=1S/C8H7FO3.C7H3BrF2O2.Cu.HI.K.H2O/c1-8(9)11-6-3-2-5(10)4-7(6)12-8;8-4-1-2-5-6(3-4)12-7(9,10)11-5;;;;/h2-4,10H,1H3;1-3H;;1H;;1H2/q;;+1;;+1;/p-2. The molecule has 4 rings (SSSR count). The molecule has 0 fully saturated rings. The Kier molecular flexibility index (Phi) is 12.0. The van der Waals surface area contributed by atoms with Crippen LogP contribution in [0.1, 0.15) is 6.92 Å². The van der Waals surface area contributed by atoms with Crippen molar-refractivity contribution in [1.82, 2.24) is 0 Å². The second-order valence-electron chi connectivity index (χ2n) is 4.93. The Bertz CT molecular complexity index is 737. The van der Waals surface area contributed by atoms with Crippen molar-refractivity contribution in [2.75, 3.05) is 0 Å². The van der Waals surface area contributed by atoms with Crippen molar-refractivity contribution in [3.05, 3.63) is 40.9 Å². The van der Waals surface area contributed by atoms with E-state index in [2.05, 4.69) is 38.2 Å². The van der Waals surface area contributed by atoms with Gasteiger partial charge in [0.2, 0.25) is 0 Å². The van der Waals surface area contributed by atoms with Gasteiger partial charge in [0.1, 0.15) is 5.75 Å². The molecule has 2 aliphatic heterocycles. The summed E-state index contributed by atoms with van der Waals surface area (Å²) in [5, 5.41) is 9.01. The second kappa shape index (κ2) is 11.8. The van der Waals surface area contributed by atoms with Gasteiger partial charge in [0.15, 0.2) is 23.0 Å². The minimum absolute atomic E-state index is 0. The van der Waals surface area contributed by atoms with Crippen LogP contribution in [0.25, 0.3) is 0 Å². The van der Waals surface area contributed by atoms with Crippen LogP contribution >= 0.6 is 36.3 Å². The van der Waals surface area contributed by atoms with Crippen LogP contribution in [0.4, 0.5) is 13.2 Å². The van der Waals surface area contributed by atoms with Gasteiger partial charge < -0.3 is 29.5 Å². The van der Waals surface area contributed by atoms with Crippen molar-refractivity contribution in [3.63, 3.8) is 0 Å². The predicted octanol–water partition coefficient (Wildman–Crippen LogP) is 2.29. The van der Waals surface area contributed by atoms with Crippen LogP contribution in [-0.4, -0.2) is 22.9 Å². The number of phenols is 1. The Hall–Kier alpha value is 0.556. The number of ether oxygens (including phenoxy) is 4. The second-order valence-corrected chi connectivity index (χ2v) is 5.84. The van der Waals surface area contributed by atoms with Crippen LogP contribution in [0, 0.1) is 0 Å². The van der Waals surface area contributed by atoms with Crippen LogP contribution in [0.2, 0.25) is 0 Å². The maximum Gasteiger partial charge on any atom is 1.00 e. The number of fused-ring (bicyclic) bond motifs is 2. The Morgan fingerprint density at radius 3 is 2.00 bits per heavy atom. The predicted molar refractivity (Wildman–Crippen MR) is 95.2 cm³/mol. The molecule has 28 heavy (non-hydrogen) atoms. The van der Waals surface area contributed by atoms with E-state index in [1.807, 2.05) is 0 Å². The molecule has 0 aliphatic carbocycles. The number of phenolic OH excluding ortho intramolecular Hbond substituents is 1. The maximum atomic E-state index is 13.0. The van der Waals surface area contributed by atoms with Crippen molar-refractivity contribution in [3.8, 4) is 28.7 Å². The zero-order valence-electron chi connectivity index (χ0n) is 14.2. The van der Waals surface area contributed by atoms with Gasteiger partial charge in [-0.25, -0.2) is 0 Å². The van der Waals surface area contributed by atoms with Gasteiger partial charge in [-0.2, -0.15) is 4.39 Å². The molecule has 0 bridgehead atoms. The van der Waals surface area contributed by atoms with E-state index in [9.17, 15) is 13.2 Å². The Morgan fingerprint density at radius 1 is 0.893 bits per heavy atom. The average Bonchev–Trinajstić information content (AvgIpc) is 3.01. The monoisotopic (exact) mass is 652 g/mol. The molecule has 0 spiro atoms. The normalized spacial score (nSPS) is 19.0. The van der Waals surface area contributed by atoms with Gasteiger partial charge in [-0.15, -0.1) is 8.78 Å². The number of aromatic hydroxyl groups is 1. The minimum Gasteiger partial charge on any atom is -0.870 e. The van der Waals surface area contributed by atoms with Gasteiger partial charge in [0, 0.05) is 17.5 Å². The van der Waals surface area contributed by atoms with E-state index >= 15 is 0 Å². The molecule has 6 nitrogen and oxygen atoms in total. The molecule has 154 valence electrons. The van der Waals surface area contributed by atoms with Crippen LogP contribution < -0.4 is 70.3 Å². The number of hydrogen-bond acceptors (Lipinski definition) is 6. The quantitative estimate of drug-likeness (QED) is 0.347. The first-order valence-electron chi connectivity index (χ1n) is 6.70. The molecule has 2 N–H and O–H groups in total.